The van der Waals surface area contributed by atoms with Crippen molar-refractivity contribution in [2.45, 2.75) is 111 Å². The molecule has 1 saturated heterocycles. The van der Waals surface area contributed by atoms with E-state index < -0.39 is 53.4 Å². The van der Waals surface area contributed by atoms with Crippen LogP contribution >= 0.6 is 0 Å². The van der Waals surface area contributed by atoms with Crippen LogP contribution in [0.25, 0.3) is 10.9 Å². The zero-order chi connectivity index (χ0) is 39.6. The molecule has 13 heteroatoms. The number of carbonyl (C=O) groups excluding carboxylic acids is 5. The lowest BCUT2D eigenvalue weighted by Gasteiger charge is -2.34. The number of hydrogen-bond donors (Lipinski definition) is 3. The van der Waals surface area contributed by atoms with Gasteiger partial charge in [-0.3, -0.25) is 24.2 Å². The van der Waals surface area contributed by atoms with Gasteiger partial charge >= 0.3 is 12.1 Å². The maximum Gasteiger partial charge on any atom is 0.410 e. The van der Waals surface area contributed by atoms with Gasteiger partial charge in [-0.25, -0.2) is 4.79 Å². The van der Waals surface area contributed by atoms with Crippen molar-refractivity contribution in [1.29, 1.82) is 0 Å². The number of piperidine rings is 1. The third-order valence-electron chi connectivity index (χ3n) is 8.73. The molecule has 0 spiro atoms. The molecule has 3 N–H and O–H groups in total. The first kappa shape index (κ1) is 41.6. The number of nitrogens with one attached hydrogen (secondary N) is 3. The van der Waals surface area contributed by atoms with Crippen LogP contribution in [-0.2, 0) is 35.2 Å². The van der Waals surface area contributed by atoms with E-state index in [2.05, 4.69) is 20.9 Å². The van der Waals surface area contributed by atoms with Crippen molar-refractivity contribution >= 4 is 40.7 Å². The number of ether oxygens (including phenoxy) is 3. The summed E-state index contributed by atoms with van der Waals surface area (Å²) < 4.78 is 17.1. The van der Waals surface area contributed by atoms with Crippen LogP contribution in [0.15, 0.2) is 54.7 Å². The molecule has 0 radical (unpaired) electrons. The number of esters is 1. The zero-order valence-corrected chi connectivity index (χ0v) is 32.7. The number of aromatic nitrogens is 1. The highest BCUT2D eigenvalue weighted by Gasteiger charge is 2.31. The Labute approximate surface area is 317 Å². The Morgan fingerprint density at radius 3 is 2.37 bits per heavy atom. The number of hydrogen-bond acceptors (Lipinski definition) is 9. The second kappa shape index (κ2) is 18.2. The minimum absolute atomic E-state index is 0.143. The number of amides is 4. The van der Waals surface area contributed by atoms with Gasteiger partial charge in [-0.2, -0.15) is 0 Å². The van der Waals surface area contributed by atoms with E-state index in [1.54, 1.807) is 56.1 Å². The predicted octanol–water partition coefficient (Wildman–Crippen LogP) is 5.67. The smallest absolute Gasteiger partial charge is 0.410 e. The van der Waals surface area contributed by atoms with E-state index in [-0.39, 0.29) is 12.6 Å². The van der Waals surface area contributed by atoms with Crippen molar-refractivity contribution in [3.8, 4) is 5.75 Å². The molecule has 0 bridgehead atoms. The molecular formula is C41H55N5O8. The molecule has 2 aromatic carbocycles. The van der Waals surface area contributed by atoms with Crippen LogP contribution in [0.4, 0.5) is 4.79 Å². The van der Waals surface area contributed by atoms with Gasteiger partial charge in [-0.05, 0) is 121 Å². The number of likely N-dealkylation sites (tertiary alicyclic amines) is 1. The van der Waals surface area contributed by atoms with Gasteiger partial charge in [0.2, 0.25) is 17.7 Å². The van der Waals surface area contributed by atoms with E-state index in [1.165, 1.54) is 6.92 Å². The first-order valence-corrected chi connectivity index (χ1v) is 18.5. The number of carbonyl (C=O) groups is 5. The summed E-state index contributed by atoms with van der Waals surface area (Å²) in [4.78, 5) is 71.0. The van der Waals surface area contributed by atoms with Crippen molar-refractivity contribution in [3.63, 3.8) is 0 Å². The van der Waals surface area contributed by atoms with Crippen molar-refractivity contribution < 1.29 is 38.2 Å². The van der Waals surface area contributed by atoms with Crippen LogP contribution in [-0.4, -0.2) is 76.6 Å². The van der Waals surface area contributed by atoms with Crippen LogP contribution in [0.2, 0.25) is 0 Å². The largest absolute Gasteiger partial charge is 0.494 e. The normalized spacial score (nSPS) is 15.8. The monoisotopic (exact) mass is 745 g/mol. The molecule has 4 amide bonds. The summed E-state index contributed by atoms with van der Waals surface area (Å²) in [5.41, 5.74) is 1.62. The Kier molecular flexibility index (Phi) is 14.0. The molecule has 54 heavy (non-hydrogen) atoms. The Bertz CT molecular complexity index is 1810. The van der Waals surface area contributed by atoms with Crippen molar-refractivity contribution in [2.24, 2.45) is 5.92 Å². The van der Waals surface area contributed by atoms with Crippen molar-refractivity contribution in [1.82, 2.24) is 25.8 Å². The second-order valence-corrected chi connectivity index (χ2v) is 15.8. The van der Waals surface area contributed by atoms with Crippen molar-refractivity contribution in [2.75, 3.05) is 19.7 Å². The standard InChI is InChI=1S/C41H55N5O8/c1-26-13-15-32(52-20-17-28-11-10-19-46(25-28)39(51)54-41(6,7)8)22-31(26)24-43-38(50)36(30-14-16-33-29(21-30)12-9-18-42-33)45-37(49)34(44-27(2)47)23-35(48)53-40(3,4)5/h9,12-16,18,21-22,28,34,36H,10-11,17,19-20,23-25H2,1-8H3,(H,43,50)(H,44,47)(H,45,49)/t28?,34-,36?/m0/s1. The number of pyridine rings is 1. The van der Waals surface area contributed by atoms with Crippen LogP contribution in [0.3, 0.4) is 0 Å². The number of nitrogens with zero attached hydrogens (tertiary/aromatic N) is 2. The Morgan fingerprint density at radius 2 is 1.67 bits per heavy atom. The van der Waals surface area contributed by atoms with Gasteiger partial charge in [0, 0.05) is 38.1 Å². The minimum Gasteiger partial charge on any atom is -0.494 e. The fourth-order valence-electron chi connectivity index (χ4n) is 6.17. The molecule has 292 valence electrons. The van der Waals surface area contributed by atoms with E-state index in [1.807, 2.05) is 52.0 Å². The SMILES string of the molecule is CC(=O)N[C@@H](CC(=O)OC(C)(C)C)C(=O)NC(C(=O)NCc1cc(OCCC2CCCN(C(=O)OC(C)(C)C)C2)ccc1C)c1ccc2ncccc2c1. The van der Waals surface area contributed by atoms with Crippen LogP contribution in [0.1, 0.15) is 96.9 Å². The number of fused-ring (bicyclic) bond motifs is 1. The molecule has 13 nitrogen and oxygen atoms in total. The summed E-state index contributed by atoms with van der Waals surface area (Å²) >= 11 is 0. The first-order chi connectivity index (χ1) is 25.4. The first-order valence-electron chi connectivity index (χ1n) is 18.5. The fraction of sp³-hybridized carbons (Fsp3) is 0.512. The Balaban J connectivity index is 1.44. The number of rotatable bonds is 13. The van der Waals surface area contributed by atoms with Gasteiger partial charge in [0.25, 0.3) is 0 Å². The van der Waals surface area contributed by atoms with Gasteiger partial charge in [-0.1, -0.05) is 18.2 Å². The lowest BCUT2D eigenvalue weighted by Crippen LogP contribution is -2.51. The molecule has 3 atom stereocenters. The third kappa shape index (κ3) is 13.0. The molecule has 2 heterocycles. The molecule has 0 aliphatic carbocycles. The fourth-order valence-corrected chi connectivity index (χ4v) is 6.17. The zero-order valence-electron chi connectivity index (χ0n) is 32.7. The summed E-state index contributed by atoms with van der Waals surface area (Å²) in [5.74, 6) is -1.46. The molecule has 0 saturated carbocycles. The third-order valence-corrected chi connectivity index (χ3v) is 8.73. The topological polar surface area (TPSA) is 165 Å². The van der Waals surface area contributed by atoms with E-state index in [0.29, 0.717) is 42.4 Å². The lowest BCUT2D eigenvalue weighted by molar-refractivity contribution is -0.156. The maximum absolute atomic E-state index is 13.9. The van der Waals surface area contributed by atoms with Crippen molar-refractivity contribution in [3.05, 3.63) is 71.4 Å². The maximum atomic E-state index is 13.9. The summed E-state index contributed by atoms with van der Waals surface area (Å²) in [6, 6.07) is 12.1. The summed E-state index contributed by atoms with van der Waals surface area (Å²) in [5, 5.41) is 9.00. The summed E-state index contributed by atoms with van der Waals surface area (Å²) in [6.45, 7) is 15.8. The van der Waals surface area contributed by atoms with E-state index in [4.69, 9.17) is 14.2 Å². The van der Waals surface area contributed by atoms with Gasteiger partial charge in [-0.15, -0.1) is 0 Å². The number of benzene rings is 2. The lowest BCUT2D eigenvalue weighted by atomic mass is 9.95. The predicted molar refractivity (Wildman–Crippen MR) is 204 cm³/mol. The van der Waals surface area contributed by atoms with E-state index in [0.717, 1.165) is 35.8 Å². The minimum atomic E-state index is -1.28. The van der Waals surface area contributed by atoms with E-state index >= 15 is 0 Å². The molecule has 1 aliphatic heterocycles. The highest BCUT2D eigenvalue weighted by Crippen LogP contribution is 2.25. The molecular weight excluding hydrogens is 690 g/mol. The summed E-state index contributed by atoms with van der Waals surface area (Å²) in [7, 11) is 0. The van der Waals surface area contributed by atoms with Gasteiger partial charge in [0.1, 0.15) is 29.0 Å². The average Bonchev–Trinajstić information content (AvgIpc) is 3.08. The number of aryl methyl sites for hydroxylation is 1. The Hall–Kier alpha value is -5.20. The summed E-state index contributed by atoms with van der Waals surface area (Å²) in [6.07, 6.45) is 3.65. The highest BCUT2D eigenvalue weighted by atomic mass is 16.6. The van der Waals surface area contributed by atoms with Crippen LogP contribution in [0.5, 0.6) is 5.75 Å². The molecule has 1 aromatic heterocycles. The van der Waals surface area contributed by atoms with Gasteiger partial charge < -0.3 is 35.1 Å². The molecule has 3 aromatic rings. The van der Waals surface area contributed by atoms with Gasteiger partial charge in [0.05, 0.1) is 18.5 Å². The quantitative estimate of drug-likeness (QED) is 0.187. The Morgan fingerprint density at radius 1 is 0.926 bits per heavy atom. The average molecular weight is 746 g/mol. The molecule has 4 rings (SSSR count). The second-order valence-electron chi connectivity index (χ2n) is 15.8. The molecule has 2 unspecified atom stereocenters. The molecule has 1 fully saturated rings. The van der Waals surface area contributed by atoms with E-state index in [9.17, 15) is 24.0 Å². The van der Waals surface area contributed by atoms with Crippen LogP contribution in [0, 0.1) is 12.8 Å². The van der Waals surface area contributed by atoms with Gasteiger partial charge in [0.15, 0.2) is 0 Å². The van der Waals surface area contributed by atoms with Crippen LogP contribution < -0.4 is 20.7 Å². The highest BCUT2D eigenvalue weighted by molar-refractivity contribution is 5.95. The molecule has 1 aliphatic rings.